The van der Waals surface area contributed by atoms with Crippen LogP contribution in [0.4, 0.5) is 4.39 Å². The molecule has 0 fully saturated rings. The van der Waals surface area contributed by atoms with Gasteiger partial charge in [-0.25, -0.2) is 17.5 Å². The molecular weight excluding hydrogens is 245 g/mol. The third-order valence-electron chi connectivity index (χ3n) is 2.21. The second kappa shape index (κ2) is 5.37. The predicted octanol–water partition coefficient (Wildman–Crippen LogP) is 1.33. The van der Waals surface area contributed by atoms with Crippen molar-refractivity contribution >= 4 is 15.8 Å². The van der Waals surface area contributed by atoms with Crippen LogP contribution in [0.5, 0.6) is 0 Å². The van der Waals surface area contributed by atoms with Crippen LogP contribution in [0.25, 0.3) is 0 Å². The van der Waals surface area contributed by atoms with Gasteiger partial charge in [0.05, 0.1) is 6.54 Å². The third-order valence-corrected chi connectivity index (χ3v) is 3.64. The van der Waals surface area contributed by atoms with Crippen molar-refractivity contribution in [1.29, 1.82) is 0 Å². The summed E-state index contributed by atoms with van der Waals surface area (Å²) in [6.45, 7) is 3.01. The molecule has 1 aromatic rings. The van der Waals surface area contributed by atoms with Crippen molar-refractivity contribution in [3.05, 3.63) is 30.1 Å². The molecule has 0 radical (unpaired) electrons. The number of benzene rings is 1. The van der Waals surface area contributed by atoms with E-state index in [-0.39, 0.29) is 18.2 Å². The van der Waals surface area contributed by atoms with E-state index in [1.165, 1.54) is 12.1 Å². The quantitative estimate of drug-likeness (QED) is 0.867. The summed E-state index contributed by atoms with van der Waals surface area (Å²) in [5.74, 6) is -1.35. The fourth-order valence-electron chi connectivity index (χ4n) is 1.11. The van der Waals surface area contributed by atoms with Crippen molar-refractivity contribution in [2.75, 3.05) is 6.54 Å². The molecule has 0 aliphatic rings. The lowest BCUT2D eigenvalue weighted by Crippen LogP contribution is -2.32. The second-order valence-corrected chi connectivity index (χ2v) is 5.61. The molecule has 4 nitrogen and oxygen atoms in total. The van der Waals surface area contributed by atoms with Gasteiger partial charge in [0.15, 0.2) is 0 Å². The number of rotatable bonds is 5. The number of hydrogen-bond acceptors (Lipinski definition) is 3. The summed E-state index contributed by atoms with van der Waals surface area (Å²) in [6.07, 6.45) is 0. The van der Waals surface area contributed by atoms with Gasteiger partial charge in [-0.05, 0) is 12.1 Å². The van der Waals surface area contributed by atoms with E-state index >= 15 is 0 Å². The number of nitrogens with one attached hydrogen (secondary N) is 1. The van der Waals surface area contributed by atoms with E-state index in [1.807, 2.05) is 0 Å². The van der Waals surface area contributed by atoms with E-state index in [9.17, 15) is 17.6 Å². The topological polar surface area (TPSA) is 63.2 Å². The molecule has 0 saturated heterocycles. The first-order valence-electron chi connectivity index (χ1n) is 5.11. The first-order valence-corrected chi connectivity index (χ1v) is 6.60. The van der Waals surface area contributed by atoms with Crippen LogP contribution in [0.2, 0.25) is 0 Å². The fraction of sp³-hybridized carbons (Fsp3) is 0.364. The molecule has 0 unspecified atom stereocenters. The number of hydrogen-bond donors (Lipinski definition) is 1. The molecule has 6 heteroatoms. The number of Topliss-reactive ketones (excluding diaryl/α,β-unsaturated/α-hetero) is 1. The molecule has 0 aliphatic carbocycles. The summed E-state index contributed by atoms with van der Waals surface area (Å²) in [5, 5.41) is 0. The molecule has 0 saturated carbocycles. The molecule has 17 heavy (non-hydrogen) atoms. The standard InChI is InChI=1S/C11H14FNO3S/c1-8(2)10(14)7-13-17(15,16)11-6-4-3-5-9(11)12/h3-6,8,13H,7H2,1-2H3. The number of carbonyl (C=O) groups is 1. The molecule has 0 aliphatic heterocycles. The lowest BCUT2D eigenvalue weighted by Gasteiger charge is -2.08. The first kappa shape index (κ1) is 13.8. The van der Waals surface area contributed by atoms with Gasteiger partial charge in [-0.2, -0.15) is 0 Å². The Balaban J connectivity index is 2.84. The smallest absolute Gasteiger partial charge is 0.243 e. The maximum Gasteiger partial charge on any atom is 0.243 e. The van der Waals surface area contributed by atoms with Crippen molar-refractivity contribution in [3.8, 4) is 0 Å². The van der Waals surface area contributed by atoms with Gasteiger partial charge in [-0.1, -0.05) is 26.0 Å². The molecule has 0 aromatic heterocycles. The predicted molar refractivity (Wildman–Crippen MR) is 61.4 cm³/mol. The minimum Gasteiger partial charge on any atom is -0.298 e. The minimum atomic E-state index is -3.97. The average molecular weight is 259 g/mol. The van der Waals surface area contributed by atoms with E-state index in [1.54, 1.807) is 13.8 Å². The Morgan fingerprint density at radius 2 is 1.94 bits per heavy atom. The van der Waals surface area contributed by atoms with Crippen LogP contribution in [0.15, 0.2) is 29.2 Å². The summed E-state index contributed by atoms with van der Waals surface area (Å²) in [7, 11) is -3.97. The summed E-state index contributed by atoms with van der Waals surface area (Å²) >= 11 is 0. The maximum atomic E-state index is 13.3. The fourth-order valence-corrected chi connectivity index (χ4v) is 2.18. The van der Waals surface area contributed by atoms with Crippen LogP contribution < -0.4 is 4.72 Å². The molecule has 0 amide bonds. The van der Waals surface area contributed by atoms with Gasteiger partial charge in [0.25, 0.3) is 0 Å². The monoisotopic (exact) mass is 259 g/mol. The van der Waals surface area contributed by atoms with E-state index in [4.69, 9.17) is 0 Å². The second-order valence-electron chi connectivity index (χ2n) is 3.88. The van der Waals surface area contributed by atoms with Gasteiger partial charge in [-0.3, -0.25) is 4.79 Å². The highest BCUT2D eigenvalue weighted by Gasteiger charge is 2.19. The van der Waals surface area contributed by atoms with Gasteiger partial charge in [0.1, 0.15) is 16.5 Å². The molecule has 94 valence electrons. The van der Waals surface area contributed by atoms with Gasteiger partial charge >= 0.3 is 0 Å². The molecule has 1 N–H and O–H groups in total. The highest BCUT2D eigenvalue weighted by Crippen LogP contribution is 2.12. The number of sulfonamides is 1. The summed E-state index contributed by atoms with van der Waals surface area (Å²) < 4.78 is 38.7. The Morgan fingerprint density at radius 3 is 2.47 bits per heavy atom. The number of halogens is 1. The number of carbonyl (C=O) groups excluding carboxylic acids is 1. The van der Waals surface area contributed by atoms with E-state index in [2.05, 4.69) is 4.72 Å². The highest BCUT2D eigenvalue weighted by atomic mass is 32.2. The summed E-state index contributed by atoms with van der Waals surface area (Å²) in [4.78, 5) is 10.8. The van der Waals surface area contributed by atoms with E-state index in [0.29, 0.717) is 0 Å². The molecule has 0 bridgehead atoms. The van der Waals surface area contributed by atoms with E-state index < -0.39 is 20.7 Å². The lowest BCUT2D eigenvalue weighted by atomic mass is 10.1. The zero-order valence-electron chi connectivity index (χ0n) is 9.60. The van der Waals surface area contributed by atoms with Crippen molar-refractivity contribution in [1.82, 2.24) is 4.72 Å². The number of ketones is 1. The van der Waals surface area contributed by atoms with Crippen LogP contribution in [0.1, 0.15) is 13.8 Å². The van der Waals surface area contributed by atoms with Crippen molar-refractivity contribution < 1.29 is 17.6 Å². The minimum absolute atomic E-state index is 0.245. The Hall–Kier alpha value is -1.27. The third kappa shape index (κ3) is 3.61. The van der Waals surface area contributed by atoms with E-state index in [0.717, 1.165) is 12.1 Å². The van der Waals surface area contributed by atoms with Crippen molar-refractivity contribution in [2.45, 2.75) is 18.7 Å². The molecule has 1 rings (SSSR count). The Bertz CT molecular complexity index is 511. The SMILES string of the molecule is CC(C)C(=O)CNS(=O)(=O)c1ccccc1F. The van der Waals surface area contributed by atoms with Crippen molar-refractivity contribution in [2.24, 2.45) is 5.92 Å². The first-order chi connectivity index (χ1) is 7.84. The van der Waals surface area contributed by atoms with Crippen LogP contribution in [0.3, 0.4) is 0 Å². The highest BCUT2D eigenvalue weighted by molar-refractivity contribution is 7.89. The summed E-state index contributed by atoms with van der Waals surface area (Å²) in [6, 6.07) is 5.02. The van der Waals surface area contributed by atoms with Gasteiger partial charge in [-0.15, -0.1) is 0 Å². The Kier molecular flexibility index (Phi) is 4.36. The molecule has 0 atom stereocenters. The summed E-state index contributed by atoms with van der Waals surface area (Å²) in [5.41, 5.74) is 0. The normalized spacial score (nSPS) is 11.8. The Morgan fingerprint density at radius 1 is 1.35 bits per heavy atom. The van der Waals surface area contributed by atoms with Crippen LogP contribution in [0, 0.1) is 11.7 Å². The molecule has 1 aromatic carbocycles. The molecule has 0 spiro atoms. The van der Waals surface area contributed by atoms with Crippen LogP contribution in [-0.2, 0) is 14.8 Å². The van der Waals surface area contributed by atoms with Gasteiger partial charge in [0.2, 0.25) is 10.0 Å². The zero-order valence-corrected chi connectivity index (χ0v) is 10.4. The molecule has 0 heterocycles. The lowest BCUT2D eigenvalue weighted by molar-refractivity contribution is -0.120. The Labute approximate surface area is 99.9 Å². The van der Waals surface area contributed by atoms with Crippen LogP contribution >= 0.6 is 0 Å². The van der Waals surface area contributed by atoms with Gasteiger partial charge < -0.3 is 0 Å². The average Bonchev–Trinajstić information content (AvgIpc) is 2.26. The van der Waals surface area contributed by atoms with Gasteiger partial charge in [0, 0.05) is 5.92 Å². The largest absolute Gasteiger partial charge is 0.298 e. The van der Waals surface area contributed by atoms with Crippen molar-refractivity contribution in [3.63, 3.8) is 0 Å². The molecular formula is C11H14FNO3S. The zero-order chi connectivity index (χ0) is 13.1. The maximum absolute atomic E-state index is 13.3. The van der Waals surface area contributed by atoms with Crippen LogP contribution in [-0.4, -0.2) is 20.7 Å².